The number of ether oxygens (including phenoxy) is 2. The molecule has 1 N–H and O–H groups in total. The van der Waals surface area contributed by atoms with E-state index < -0.39 is 5.97 Å². The zero-order chi connectivity index (χ0) is 17.6. The standard InChI is InChI=1S/C19H20N2O4/c1-24-19(23)17-5-3-2-4-16(17)18(22)20-14-6-8-15(9-7-14)21-10-12-25-13-11-21/h2-9H,10-13H2,1H3,(H,20,22). The second-order valence-corrected chi connectivity index (χ2v) is 5.64. The van der Waals surface area contributed by atoms with E-state index in [0.29, 0.717) is 5.69 Å². The van der Waals surface area contributed by atoms with Crippen molar-refractivity contribution < 1.29 is 19.1 Å². The van der Waals surface area contributed by atoms with Crippen molar-refractivity contribution >= 4 is 23.3 Å². The molecule has 0 spiro atoms. The van der Waals surface area contributed by atoms with Crippen molar-refractivity contribution in [2.75, 3.05) is 43.6 Å². The summed E-state index contributed by atoms with van der Waals surface area (Å²) >= 11 is 0. The van der Waals surface area contributed by atoms with Gasteiger partial charge in [-0.1, -0.05) is 12.1 Å². The number of esters is 1. The van der Waals surface area contributed by atoms with E-state index in [9.17, 15) is 9.59 Å². The Morgan fingerprint density at radius 3 is 2.28 bits per heavy atom. The average molecular weight is 340 g/mol. The predicted molar refractivity (Wildman–Crippen MR) is 95.2 cm³/mol. The number of benzene rings is 2. The Hall–Kier alpha value is -2.86. The molecule has 0 saturated carbocycles. The highest BCUT2D eigenvalue weighted by Gasteiger charge is 2.17. The SMILES string of the molecule is COC(=O)c1ccccc1C(=O)Nc1ccc(N2CCOCC2)cc1. The van der Waals surface area contributed by atoms with E-state index >= 15 is 0 Å². The van der Waals surface area contributed by atoms with Crippen LogP contribution in [0, 0.1) is 0 Å². The number of rotatable bonds is 4. The molecule has 2 aromatic rings. The van der Waals surface area contributed by atoms with Crippen LogP contribution in [0.4, 0.5) is 11.4 Å². The van der Waals surface area contributed by atoms with Crippen LogP contribution in [0.3, 0.4) is 0 Å². The van der Waals surface area contributed by atoms with Crippen LogP contribution in [0.5, 0.6) is 0 Å². The maximum Gasteiger partial charge on any atom is 0.338 e. The Morgan fingerprint density at radius 1 is 1.00 bits per heavy atom. The molecule has 2 aromatic carbocycles. The summed E-state index contributed by atoms with van der Waals surface area (Å²) in [4.78, 5) is 26.5. The maximum absolute atomic E-state index is 12.5. The smallest absolute Gasteiger partial charge is 0.338 e. The van der Waals surface area contributed by atoms with E-state index in [1.54, 1.807) is 24.3 Å². The van der Waals surface area contributed by atoms with E-state index in [0.717, 1.165) is 32.0 Å². The van der Waals surface area contributed by atoms with Crippen molar-refractivity contribution in [3.63, 3.8) is 0 Å². The molecule has 0 aromatic heterocycles. The third-order valence-corrected chi connectivity index (χ3v) is 4.08. The second-order valence-electron chi connectivity index (χ2n) is 5.64. The molecule has 1 aliphatic heterocycles. The predicted octanol–water partition coefficient (Wildman–Crippen LogP) is 2.56. The van der Waals surface area contributed by atoms with Crippen molar-refractivity contribution in [1.29, 1.82) is 0 Å². The summed E-state index contributed by atoms with van der Waals surface area (Å²) in [5, 5.41) is 2.82. The Kier molecular flexibility index (Phi) is 5.30. The first kappa shape index (κ1) is 17.0. The van der Waals surface area contributed by atoms with Crippen molar-refractivity contribution in [3.8, 4) is 0 Å². The molecular formula is C19H20N2O4. The number of nitrogens with one attached hydrogen (secondary N) is 1. The summed E-state index contributed by atoms with van der Waals surface area (Å²) < 4.78 is 10.1. The molecule has 0 bridgehead atoms. The summed E-state index contributed by atoms with van der Waals surface area (Å²) in [5.41, 5.74) is 2.29. The number of amides is 1. The Bertz CT molecular complexity index is 752. The van der Waals surface area contributed by atoms with Crippen molar-refractivity contribution in [2.24, 2.45) is 0 Å². The van der Waals surface area contributed by atoms with Crippen LogP contribution >= 0.6 is 0 Å². The van der Waals surface area contributed by atoms with Gasteiger partial charge in [-0.3, -0.25) is 4.79 Å². The van der Waals surface area contributed by atoms with Gasteiger partial charge in [0.25, 0.3) is 5.91 Å². The molecule has 1 fully saturated rings. The number of carbonyl (C=O) groups is 2. The largest absolute Gasteiger partial charge is 0.465 e. The lowest BCUT2D eigenvalue weighted by Gasteiger charge is -2.28. The first-order valence-corrected chi connectivity index (χ1v) is 8.10. The number of nitrogens with zero attached hydrogens (tertiary/aromatic N) is 1. The van der Waals surface area contributed by atoms with Gasteiger partial charge in [0.05, 0.1) is 31.5 Å². The highest BCUT2D eigenvalue weighted by molar-refractivity contribution is 6.11. The molecule has 25 heavy (non-hydrogen) atoms. The molecule has 0 atom stereocenters. The van der Waals surface area contributed by atoms with Gasteiger partial charge >= 0.3 is 5.97 Å². The first-order chi connectivity index (χ1) is 12.2. The van der Waals surface area contributed by atoms with Gasteiger partial charge in [0.15, 0.2) is 0 Å². The van der Waals surface area contributed by atoms with Crippen molar-refractivity contribution in [2.45, 2.75) is 0 Å². The lowest BCUT2D eigenvalue weighted by molar-refractivity contribution is 0.0597. The van der Waals surface area contributed by atoms with Gasteiger partial charge in [0.2, 0.25) is 0 Å². The first-order valence-electron chi connectivity index (χ1n) is 8.10. The minimum Gasteiger partial charge on any atom is -0.465 e. The molecule has 0 aliphatic carbocycles. The Labute approximate surface area is 146 Å². The molecule has 1 heterocycles. The normalized spacial score (nSPS) is 14.0. The molecule has 1 amide bonds. The van der Waals surface area contributed by atoms with Crippen LogP contribution in [0.1, 0.15) is 20.7 Å². The van der Waals surface area contributed by atoms with Crippen LogP contribution in [0.2, 0.25) is 0 Å². The van der Waals surface area contributed by atoms with E-state index in [-0.39, 0.29) is 17.0 Å². The summed E-state index contributed by atoms with van der Waals surface area (Å²) in [6.07, 6.45) is 0. The fourth-order valence-corrected chi connectivity index (χ4v) is 2.74. The number of hydrogen-bond acceptors (Lipinski definition) is 5. The summed E-state index contributed by atoms with van der Waals surface area (Å²) in [6.45, 7) is 3.17. The highest BCUT2D eigenvalue weighted by atomic mass is 16.5. The third-order valence-electron chi connectivity index (χ3n) is 4.08. The van der Waals surface area contributed by atoms with Crippen molar-refractivity contribution in [3.05, 3.63) is 59.7 Å². The van der Waals surface area contributed by atoms with Crippen LogP contribution in [-0.4, -0.2) is 45.3 Å². The van der Waals surface area contributed by atoms with Gasteiger partial charge in [-0.2, -0.15) is 0 Å². The lowest BCUT2D eigenvalue weighted by atomic mass is 10.1. The van der Waals surface area contributed by atoms with Crippen LogP contribution < -0.4 is 10.2 Å². The fraction of sp³-hybridized carbons (Fsp3) is 0.263. The molecule has 0 unspecified atom stereocenters. The molecule has 1 aliphatic rings. The molecule has 3 rings (SSSR count). The summed E-state index contributed by atoms with van der Waals surface area (Å²) in [5.74, 6) is -0.881. The van der Waals surface area contributed by atoms with Crippen LogP contribution in [0.15, 0.2) is 48.5 Å². The molecule has 6 heteroatoms. The number of morpholine rings is 1. The fourth-order valence-electron chi connectivity index (χ4n) is 2.74. The molecule has 6 nitrogen and oxygen atoms in total. The molecular weight excluding hydrogens is 320 g/mol. The quantitative estimate of drug-likeness (QED) is 0.867. The van der Waals surface area contributed by atoms with Gasteiger partial charge in [-0.25, -0.2) is 4.79 Å². The topological polar surface area (TPSA) is 67.9 Å². The van der Waals surface area contributed by atoms with E-state index in [4.69, 9.17) is 9.47 Å². The monoisotopic (exact) mass is 340 g/mol. The zero-order valence-corrected chi connectivity index (χ0v) is 14.0. The third kappa shape index (κ3) is 3.97. The summed E-state index contributed by atoms with van der Waals surface area (Å²) in [6, 6.07) is 14.2. The van der Waals surface area contributed by atoms with Gasteiger partial charge in [0.1, 0.15) is 0 Å². The average Bonchev–Trinajstić information content (AvgIpc) is 2.68. The highest BCUT2D eigenvalue weighted by Crippen LogP contribution is 2.20. The molecule has 1 saturated heterocycles. The number of carbonyl (C=O) groups excluding carboxylic acids is 2. The number of hydrogen-bond donors (Lipinski definition) is 1. The van der Waals surface area contributed by atoms with E-state index in [1.165, 1.54) is 7.11 Å². The lowest BCUT2D eigenvalue weighted by Crippen LogP contribution is -2.36. The van der Waals surface area contributed by atoms with Crippen molar-refractivity contribution in [1.82, 2.24) is 0 Å². The van der Waals surface area contributed by atoms with Gasteiger partial charge < -0.3 is 19.7 Å². The summed E-state index contributed by atoms with van der Waals surface area (Å²) in [7, 11) is 1.29. The molecule has 130 valence electrons. The Morgan fingerprint density at radius 2 is 1.64 bits per heavy atom. The van der Waals surface area contributed by atoms with Gasteiger partial charge in [-0.15, -0.1) is 0 Å². The van der Waals surface area contributed by atoms with Crippen LogP contribution in [-0.2, 0) is 9.47 Å². The van der Waals surface area contributed by atoms with Gasteiger partial charge in [-0.05, 0) is 36.4 Å². The van der Waals surface area contributed by atoms with E-state index in [2.05, 4.69) is 10.2 Å². The minimum atomic E-state index is -0.534. The number of anilines is 2. The van der Waals surface area contributed by atoms with Crippen LogP contribution in [0.25, 0.3) is 0 Å². The van der Waals surface area contributed by atoms with E-state index in [1.807, 2.05) is 24.3 Å². The zero-order valence-electron chi connectivity index (χ0n) is 14.0. The maximum atomic E-state index is 12.5. The Balaban J connectivity index is 1.72. The number of methoxy groups -OCH3 is 1. The van der Waals surface area contributed by atoms with Gasteiger partial charge in [0, 0.05) is 24.5 Å². The minimum absolute atomic E-state index is 0.243. The second kappa shape index (κ2) is 7.81. The molecule has 0 radical (unpaired) electrons.